The molecule has 4 N–H and O–H groups in total. The van der Waals surface area contributed by atoms with Gasteiger partial charge in [0.25, 0.3) is 0 Å². The van der Waals surface area contributed by atoms with Crippen LogP contribution in [-0.4, -0.2) is 41.6 Å². The van der Waals surface area contributed by atoms with Crippen LogP contribution >= 0.6 is 11.8 Å². The molecular formula is C7H14N2O3S. The first-order valence-corrected chi connectivity index (χ1v) is 5.20. The number of nitrogens with two attached hydrogens (primary N) is 1. The lowest BCUT2D eigenvalue weighted by Crippen LogP contribution is -2.40. The van der Waals surface area contributed by atoms with E-state index in [2.05, 4.69) is 5.32 Å². The van der Waals surface area contributed by atoms with Crippen LogP contribution in [0.5, 0.6) is 0 Å². The van der Waals surface area contributed by atoms with Crippen molar-refractivity contribution < 1.29 is 14.7 Å². The molecule has 13 heavy (non-hydrogen) atoms. The van der Waals surface area contributed by atoms with Gasteiger partial charge >= 0.3 is 0 Å². The fourth-order valence-electron chi connectivity index (χ4n) is 0.594. The predicted molar refractivity (Wildman–Crippen MR) is 51.2 cm³/mol. The molecule has 1 unspecified atom stereocenters. The summed E-state index contributed by atoms with van der Waals surface area (Å²) < 4.78 is 0. The highest BCUT2D eigenvalue weighted by Crippen LogP contribution is 1.94. The molecule has 0 aliphatic heterocycles. The zero-order chi connectivity index (χ0) is 10.3. The standard InChI is InChI=1S/C7H14N2O3S/c1-13-3-2-6(11)9-4-5(10)7(8)12/h5,10H,2-4H2,1H3,(H2,8,12)(H,9,11). The van der Waals surface area contributed by atoms with E-state index in [1.165, 1.54) is 0 Å². The third-order valence-electron chi connectivity index (χ3n) is 1.35. The van der Waals surface area contributed by atoms with Crippen molar-refractivity contribution in [3.63, 3.8) is 0 Å². The number of thioether (sulfide) groups is 1. The Hall–Kier alpha value is -0.750. The summed E-state index contributed by atoms with van der Waals surface area (Å²) in [7, 11) is 0. The summed E-state index contributed by atoms with van der Waals surface area (Å²) >= 11 is 1.56. The maximum Gasteiger partial charge on any atom is 0.248 e. The van der Waals surface area contributed by atoms with Crippen molar-refractivity contribution >= 4 is 23.6 Å². The number of carbonyl (C=O) groups excluding carboxylic acids is 2. The Morgan fingerprint density at radius 1 is 1.62 bits per heavy atom. The highest BCUT2D eigenvalue weighted by atomic mass is 32.2. The minimum absolute atomic E-state index is 0.109. The van der Waals surface area contributed by atoms with Gasteiger partial charge in [0.15, 0.2) is 0 Å². The third kappa shape index (κ3) is 6.41. The summed E-state index contributed by atoms with van der Waals surface area (Å²) in [5.74, 6) is -0.293. The van der Waals surface area contributed by atoms with Crippen molar-refractivity contribution in [2.24, 2.45) is 5.73 Å². The molecule has 0 saturated carbocycles. The Morgan fingerprint density at radius 3 is 2.69 bits per heavy atom. The van der Waals surface area contributed by atoms with E-state index >= 15 is 0 Å². The van der Waals surface area contributed by atoms with E-state index in [9.17, 15) is 9.59 Å². The van der Waals surface area contributed by atoms with Crippen LogP contribution in [0.2, 0.25) is 0 Å². The van der Waals surface area contributed by atoms with Gasteiger partial charge in [0.1, 0.15) is 6.10 Å². The Balaban J connectivity index is 3.52. The van der Waals surface area contributed by atoms with Gasteiger partial charge in [-0.05, 0) is 6.26 Å². The highest BCUT2D eigenvalue weighted by Gasteiger charge is 2.11. The lowest BCUT2D eigenvalue weighted by Gasteiger charge is -2.07. The zero-order valence-corrected chi connectivity index (χ0v) is 8.26. The molecule has 0 aliphatic rings. The number of hydrogen-bond acceptors (Lipinski definition) is 4. The van der Waals surface area contributed by atoms with Gasteiger partial charge in [0, 0.05) is 12.2 Å². The normalized spacial score (nSPS) is 12.2. The number of aliphatic hydroxyl groups is 1. The molecule has 0 saturated heterocycles. The maximum atomic E-state index is 10.9. The predicted octanol–water partition coefficient (Wildman–Crippen LogP) is -1.30. The van der Waals surface area contributed by atoms with Gasteiger partial charge in [0.2, 0.25) is 11.8 Å². The van der Waals surface area contributed by atoms with Gasteiger partial charge in [0.05, 0.1) is 6.54 Å². The van der Waals surface area contributed by atoms with E-state index in [1.807, 2.05) is 6.26 Å². The van der Waals surface area contributed by atoms with E-state index in [0.717, 1.165) is 5.75 Å². The van der Waals surface area contributed by atoms with Crippen molar-refractivity contribution in [1.82, 2.24) is 5.32 Å². The molecule has 5 nitrogen and oxygen atoms in total. The largest absolute Gasteiger partial charge is 0.381 e. The van der Waals surface area contributed by atoms with Crippen LogP contribution in [0.1, 0.15) is 6.42 Å². The Bertz CT molecular complexity index is 187. The second-order valence-electron chi connectivity index (χ2n) is 2.47. The maximum absolute atomic E-state index is 10.9. The summed E-state index contributed by atoms with van der Waals surface area (Å²) in [4.78, 5) is 21.3. The molecule has 0 aromatic rings. The van der Waals surface area contributed by atoms with Crippen molar-refractivity contribution in [2.45, 2.75) is 12.5 Å². The van der Waals surface area contributed by atoms with Gasteiger partial charge in [-0.1, -0.05) is 0 Å². The third-order valence-corrected chi connectivity index (χ3v) is 1.97. The lowest BCUT2D eigenvalue weighted by molar-refractivity contribution is -0.126. The Labute approximate surface area is 81.1 Å². The monoisotopic (exact) mass is 206 g/mol. The summed E-state index contributed by atoms with van der Waals surface area (Å²) in [6.07, 6.45) is 0.983. The van der Waals surface area contributed by atoms with Crippen LogP contribution in [-0.2, 0) is 9.59 Å². The van der Waals surface area contributed by atoms with Crippen LogP contribution in [0.4, 0.5) is 0 Å². The van der Waals surface area contributed by atoms with Crippen LogP contribution < -0.4 is 11.1 Å². The van der Waals surface area contributed by atoms with Crippen LogP contribution in [0.15, 0.2) is 0 Å². The first-order chi connectivity index (χ1) is 6.07. The molecule has 1 atom stereocenters. The smallest absolute Gasteiger partial charge is 0.248 e. The Kier molecular flexibility index (Phi) is 6.34. The molecule has 76 valence electrons. The summed E-state index contributed by atoms with van der Waals surface area (Å²) in [6, 6.07) is 0. The number of hydrogen-bond donors (Lipinski definition) is 3. The number of nitrogens with one attached hydrogen (secondary N) is 1. The summed E-state index contributed by atoms with van der Waals surface area (Å²) in [5.41, 5.74) is 4.78. The summed E-state index contributed by atoms with van der Waals surface area (Å²) in [6.45, 7) is -0.109. The average Bonchev–Trinajstić information content (AvgIpc) is 2.10. The number of carbonyl (C=O) groups is 2. The minimum atomic E-state index is -1.29. The van der Waals surface area contributed by atoms with E-state index in [-0.39, 0.29) is 12.5 Å². The molecule has 0 aromatic heterocycles. The number of aliphatic hydroxyl groups excluding tert-OH is 1. The molecule has 2 amide bonds. The molecule has 0 bridgehead atoms. The van der Waals surface area contributed by atoms with Crippen molar-refractivity contribution in [3.8, 4) is 0 Å². The molecule has 0 spiro atoms. The molecule has 0 fully saturated rings. The van der Waals surface area contributed by atoms with E-state index in [0.29, 0.717) is 6.42 Å². The van der Waals surface area contributed by atoms with E-state index < -0.39 is 12.0 Å². The first-order valence-electron chi connectivity index (χ1n) is 3.81. The average molecular weight is 206 g/mol. The van der Waals surface area contributed by atoms with Crippen LogP contribution in [0, 0.1) is 0 Å². The quantitative estimate of drug-likeness (QED) is 0.504. The van der Waals surface area contributed by atoms with Crippen molar-refractivity contribution in [1.29, 1.82) is 0 Å². The fourth-order valence-corrected chi connectivity index (χ4v) is 0.984. The van der Waals surface area contributed by atoms with Crippen molar-refractivity contribution in [2.75, 3.05) is 18.6 Å². The second-order valence-corrected chi connectivity index (χ2v) is 3.45. The van der Waals surface area contributed by atoms with Crippen molar-refractivity contribution in [3.05, 3.63) is 0 Å². The number of primary amides is 1. The highest BCUT2D eigenvalue weighted by molar-refractivity contribution is 7.98. The Morgan fingerprint density at radius 2 is 2.23 bits per heavy atom. The fraction of sp³-hybridized carbons (Fsp3) is 0.714. The molecule has 0 rings (SSSR count). The molecule has 0 heterocycles. The molecular weight excluding hydrogens is 192 g/mol. The van der Waals surface area contributed by atoms with Gasteiger partial charge in [-0.15, -0.1) is 0 Å². The van der Waals surface area contributed by atoms with E-state index in [4.69, 9.17) is 10.8 Å². The second kappa shape index (κ2) is 6.73. The van der Waals surface area contributed by atoms with Gasteiger partial charge in [-0.3, -0.25) is 9.59 Å². The number of amides is 2. The van der Waals surface area contributed by atoms with Crippen LogP contribution in [0.3, 0.4) is 0 Å². The molecule has 0 radical (unpaired) electrons. The van der Waals surface area contributed by atoms with Gasteiger partial charge in [-0.25, -0.2) is 0 Å². The minimum Gasteiger partial charge on any atom is -0.381 e. The first kappa shape index (κ1) is 12.2. The molecule has 0 aliphatic carbocycles. The SMILES string of the molecule is CSCCC(=O)NCC(O)C(N)=O. The van der Waals surface area contributed by atoms with Gasteiger partial charge < -0.3 is 16.2 Å². The topological polar surface area (TPSA) is 92.4 Å². The lowest BCUT2D eigenvalue weighted by atomic mass is 10.3. The van der Waals surface area contributed by atoms with Crippen LogP contribution in [0.25, 0.3) is 0 Å². The zero-order valence-electron chi connectivity index (χ0n) is 7.45. The summed E-state index contributed by atoms with van der Waals surface area (Å²) in [5, 5.41) is 11.3. The molecule has 0 aromatic carbocycles. The van der Waals surface area contributed by atoms with E-state index in [1.54, 1.807) is 11.8 Å². The van der Waals surface area contributed by atoms with Gasteiger partial charge in [-0.2, -0.15) is 11.8 Å². The number of rotatable bonds is 6. The molecule has 6 heteroatoms.